The Labute approximate surface area is 111 Å². The van der Waals surface area contributed by atoms with E-state index in [9.17, 15) is 4.79 Å². The smallest absolute Gasteiger partial charge is 0.317 e. The van der Waals surface area contributed by atoms with Crippen LogP contribution >= 0.6 is 11.6 Å². The van der Waals surface area contributed by atoms with Crippen molar-refractivity contribution in [2.24, 2.45) is 0 Å². The molecule has 1 aromatic carbocycles. The largest absolute Gasteiger partial charge is 0.492 e. The molecule has 1 N–H and O–H groups in total. The lowest BCUT2D eigenvalue weighted by Crippen LogP contribution is -2.33. The standard InChI is InChI=1S/C13H16ClNO3/c1-2-7-15(10-13(16)17)8-9-18-12-5-3-11(14)4-6-12/h2-6H,1,7-10H2,(H,16,17). The maximum absolute atomic E-state index is 10.6. The zero-order valence-electron chi connectivity index (χ0n) is 10.0. The predicted octanol–water partition coefficient (Wildman–Crippen LogP) is 2.29. The topological polar surface area (TPSA) is 49.8 Å². The van der Waals surface area contributed by atoms with Gasteiger partial charge in [-0.15, -0.1) is 6.58 Å². The predicted molar refractivity (Wildman–Crippen MR) is 71.2 cm³/mol. The van der Waals surface area contributed by atoms with E-state index in [1.807, 2.05) is 0 Å². The highest BCUT2D eigenvalue weighted by molar-refractivity contribution is 6.30. The minimum atomic E-state index is -0.858. The van der Waals surface area contributed by atoms with Crippen molar-refractivity contribution >= 4 is 17.6 Å². The molecule has 4 nitrogen and oxygen atoms in total. The summed E-state index contributed by atoms with van der Waals surface area (Å²) < 4.78 is 5.49. The Kier molecular flexibility index (Phi) is 6.25. The molecule has 1 rings (SSSR count). The van der Waals surface area contributed by atoms with Gasteiger partial charge in [-0.2, -0.15) is 0 Å². The van der Waals surface area contributed by atoms with Crippen LogP contribution in [0.4, 0.5) is 0 Å². The molecule has 1 aromatic rings. The van der Waals surface area contributed by atoms with Gasteiger partial charge in [0, 0.05) is 18.1 Å². The molecule has 0 radical (unpaired) electrons. The Hall–Kier alpha value is -1.52. The lowest BCUT2D eigenvalue weighted by atomic mass is 10.3. The molecule has 0 amide bonds. The van der Waals surface area contributed by atoms with E-state index in [1.54, 1.807) is 35.2 Å². The van der Waals surface area contributed by atoms with Crippen molar-refractivity contribution in [2.45, 2.75) is 0 Å². The second-order valence-corrected chi connectivity index (χ2v) is 4.16. The van der Waals surface area contributed by atoms with Gasteiger partial charge in [0.1, 0.15) is 12.4 Å². The van der Waals surface area contributed by atoms with Gasteiger partial charge in [-0.05, 0) is 24.3 Å². The van der Waals surface area contributed by atoms with Crippen LogP contribution in [0.2, 0.25) is 5.02 Å². The lowest BCUT2D eigenvalue weighted by molar-refractivity contribution is -0.138. The molecule has 0 saturated carbocycles. The van der Waals surface area contributed by atoms with Gasteiger partial charge in [0.25, 0.3) is 0 Å². The summed E-state index contributed by atoms with van der Waals surface area (Å²) >= 11 is 5.75. The first-order valence-electron chi connectivity index (χ1n) is 5.55. The molecule has 18 heavy (non-hydrogen) atoms. The van der Waals surface area contributed by atoms with Crippen LogP contribution < -0.4 is 4.74 Å². The van der Waals surface area contributed by atoms with Crippen LogP contribution in [0.3, 0.4) is 0 Å². The third-order valence-electron chi connectivity index (χ3n) is 2.24. The first-order chi connectivity index (χ1) is 8.61. The first-order valence-corrected chi connectivity index (χ1v) is 5.93. The maximum Gasteiger partial charge on any atom is 0.317 e. The van der Waals surface area contributed by atoms with Crippen LogP contribution in [-0.4, -0.2) is 42.2 Å². The molecule has 0 atom stereocenters. The summed E-state index contributed by atoms with van der Waals surface area (Å²) in [5.74, 6) is -0.142. The van der Waals surface area contributed by atoms with Crippen LogP contribution in [0.1, 0.15) is 0 Å². The molecule has 0 heterocycles. The molecular weight excluding hydrogens is 254 g/mol. The normalized spacial score (nSPS) is 10.3. The van der Waals surface area contributed by atoms with Gasteiger partial charge in [-0.1, -0.05) is 17.7 Å². The van der Waals surface area contributed by atoms with Crippen molar-refractivity contribution in [2.75, 3.05) is 26.2 Å². The van der Waals surface area contributed by atoms with Crippen LogP contribution in [-0.2, 0) is 4.79 Å². The summed E-state index contributed by atoms with van der Waals surface area (Å²) in [5.41, 5.74) is 0. The van der Waals surface area contributed by atoms with Crippen LogP contribution in [0.15, 0.2) is 36.9 Å². The zero-order chi connectivity index (χ0) is 13.4. The number of hydrogen-bond donors (Lipinski definition) is 1. The van der Waals surface area contributed by atoms with Gasteiger partial charge in [0.05, 0.1) is 6.54 Å². The second-order valence-electron chi connectivity index (χ2n) is 3.72. The monoisotopic (exact) mass is 269 g/mol. The van der Waals surface area contributed by atoms with Crippen molar-refractivity contribution in [1.82, 2.24) is 4.90 Å². The van der Waals surface area contributed by atoms with Crippen molar-refractivity contribution in [3.8, 4) is 5.75 Å². The Bertz CT molecular complexity index is 392. The maximum atomic E-state index is 10.6. The number of carboxylic acid groups (broad SMARTS) is 1. The molecule has 0 saturated heterocycles. The van der Waals surface area contributed by atoms with Crippen molar-refractivity contribution in [1.29, 1.82) is 0 Å². The fraction of sp³-hybridized carbons (Fsp3) is 0.308. The molecule has 0 unspecified atom stereocenters. The number of ether oxygens (including phenoxy) is 1. The fourth-order valence-corrected chi connectivity index (χ4v) is 1.56. The van der Waals surface area contributed by atoms with Crippen LogP contribution in [0.25, 0.3) is 0 Å². The Morgan fingerprint density at radius 3 is 2.67 bits per heavy atom. The number of carbonyl (C=O) groups is 1. The molecule has 0 aliphatic rings. The number of nitrogens with zero attached hydrogens (tertiary/aromatic N) is 1. The van der Waals surface area contributed by atoms with E-state index < -0.39 is 5.97 Å². The number of benzene rings is 1. The molecular formula is C13H16ClNO3. The molecule has 98 valence electrons. The first kappa shape index (κ1) is 14.5. The summed E-state index contributed by atoms with van der Waals surface area (Å²) in [6.07, 6.45) is 1.67. The molecule has 0 aliphatic heterocycles. The van der Waals surface area contributed by atoms with E-state index in [0.29, 0.717) is 30.5 Å². The van der Waals surface area contributed by atoms with E-state index >= 15 is 0 Å². The van der Waals surface area contributed by atoms with E-state index in [0.717, 1.165) is 0 Å². The van der Waals surface area contributed by atoms with Crippen LogP contribution in [0, 0.1) is 0 Å². The lowest BCUT2D eigenvalue weighted by Gasteiger charge is -2.18. The summed E-state index contributed by atoms with van der Waals surface area (Å²) in [4.78, 5) is 12.4. The quantitative estimate of drug-likeness (QED) is 0.736. The second kappa shape index (κ2) is 7.74. The van der Waals surface area contributed by atoms with Gasteiger partial charge in [-0.3, -0.25) is 9.69 Å². The van der Waals surface area contributed by atoms with Gasteiger partial charge in [-0.25, -0.2) is 0 Å². The van der Waals surface area contributed by atoms with Gasteiger partial charge < -0.3 is 9.84 Å². The number of hydrogen-bond acceptors (Lipinski definition) is 3. The minimum Gasteiger partial charge on any atom is -0.492 e. The highest BCUT2D eigenvalue weighted by atomic mass is 35.5. The summed E-state index contributed by atoms with van der Waals surface area (Å²) in [7, 11) is 0. The summed E-state index contributed by atoms with van der Waals surface area (Å²) in [5, 5.41) is 9.38. The van der Waals surface area contributed by atoms with E-state index in [4.69, 9.17) is 21.4 Å². The average molecular weight is 270 g/mol. The van der Waals surface area contributed by atoms with Crippen molar-refractivity contribution in [3.05, 3.63) is 41.9 Å². The third kappa shape index (κ3) is 5.70. The van der Waals surface area contributed by atoms with Gasteiger partial charge >= 0.3 is 5.97 Å². The van der Waals surface area contributed by atoms with E-state index in [-0.39, 0.29) is 6.54 Å². The van der Waals surface area contributed by atoms with Crippen LogP contribution in [0.5, 0.6) is 5.75 Å². The Balaban J connectivity index is 2.35. The SMILES string of the molecule is C=CCN(CCOc1ccc(Cl)cc1)CC(=O)O. The van der Waals surface area contributed by atoms with E-state index in [2.05, 4.69) is 6.58 Å². The summed E-state index contributed by atoms with van der Waals surface area (Å²) in [6, 6.07) is 7.04. The van der Waals surface area contributed by atoms with Gasteiger partial charge in [0.2, 0.25) is 0 Å². The van der Waals surface area contributed by atoms with Gasteiger partial charge in [0.15, 0.2) is 0 Å². The Morgan fingerprint density at radius 1 is 1.44 bits per heavy atom. The fourth-order valence-electron chi connectivity index (χ4n) is 1.43. The molecule has 0 bridgehead atoms. The Morgan fingerprint density at radius 2 is 2.11 bits per heavy atom. The zero-order valence-corrected chi connectivity index (χ0v) is 10.8. The molecule has 0 fully saturated rings. The molecule has 0 aromatic heterocycles. The van der Waals surface area contributed by atoms with Crippen molar-refractivity contribution < 1.29 is 14.6 Å². The third-order valence-corrected chi connectivity index (χ3v) is 2.49. The summed E-state index contributed by atoms with van der Waals surface area (Å²) in [6.45, 7) is 5.05. The number of carboxylic acids is 1. The minimum absolute atomic E-state index is 0.0179. The molecule has 5 heteroatoms. The molecule has 0 aliphatic carbocycles. The average Bonchev–Trinajstić information content (AvgIpc) is 2.31. The number of halogens is 1. The highest BCUT2D eigenvalue weighted by Crippen LogP contribution is 2.15. The number of rotatable bonds is 8. The van der Waals surface area contributed by atoms with E-state index in [1.165, 1.54) is 0 Å². The number of aliphatic carboxylic acids is 1. The highest BCUT2D eigenvalue weighted by Gasteiger charge is 2.07. The van der Waals surface area contributed by atoms with Crippen molar-refractivity contribution in [3.63, 3.8) is 0 Å². The molecule has 0 spiro atoms.